The molecule has 9 nitrogen and oxygen atoms in total. The third kappa shape index (κ3) is 7.19. The number of nitrogens with zero attached hydrogens (tertiary/aromatic N) is 3. The minimum Gasteiger partial charge on any atom is -0.508 e. The van der Waals surface area contributed by atoms with Gasteiger partial charge in [-0.25, -0.2) is 9.97 Å². The fraction of sp³-hybridized carbons (Fsp3) is 0.414. The number of imidazole rings is 1. The molecular formula is C29H36BrN5O4. The number of aromatic nitrogens is 3. The topological polar surface area (TPSA) is 136 Å². The summed E-state index contributed by atoms with van der Waals surface area (Å²) in [6.07, 6.45) is 5.25. The largest absolute Gasteiger partial charge is 0.508 e. The monoisotopic (exact) mass is 597 g/mol. The van der Waals surface area contributed by atoms with Crippen molar-refractivity contribution in [3.05, 3.63) is 53.3 Å². The highest BCUT2D eigenvalue weighted by Crippen LogP contribution is 2.32. The van der Waals surface area contributed by atoms with Gasteiger partial charge in [-0.1, -0.05) is 41.4 Å². The summed E-state index contributed by atoms with van der Waals surface area (Å²) in [5, 5.41) is 24.5. The number of nitrogen functional groups attached to an aromatic ring is 1. The number of anilines is 1. The van der Waals surface area contributed by atoms with Gasteiger partial charge in [0.2, 0.25) is 5.91 Å². The normalized spacial score (nSPS) is 11.4. The number of ether oxygens (including phenoxy) is 1. The number of carbonyl (C=O) groups is 1. The number of pyridine rings is 1. The van der Waals surface area contributed by atoms with Crippen LogP contribution < -0.4 is 11.1 Å². The van der Waals surface area contributed by atoms with Crippen molar-refractivity contribution in [2.75, 3.05) is 30.8 Å². The molecule has 1 amide bonds. The second kappa shape index (κ2) is 13.6. The molecule has 0 radical (unpaired) electrons. The van der Waals surface area contributed by atoms with Crippen LogP contribution in [-0.2, 0) is 28.9 Å². The van der Waals surface area contributed by atoms with Crippen LogP contribution in [0.4, 0.5) is 5.82 Å². The first-order valence-electron chi connectivity index (χ1n) is 13.4. The van der Waals surface area contributed by atoms with Crippen LogP contribution in [0.25, 0.3) is 21.9 Å². The summed E-state index contributed by atoms with van der Waals surface area (Å²) in [7, 11) is 0. The number of fused-ring (bicyclic) bond motifs is 3. The molecule has 4 rings (SSSR count). The lowest BCUT2D eigenvalue weighted by Crippen LogP contribution is -2.26. The fourth-order valence-corrected chi connectivity index (χ4v) is 4.85. The number of hydrogen-bond donors (Lipinski definition) is 4. The van der Waals surface area contributed by atoms with E-state index in [1.807, 2.05) is 0 Å². The van der Waals surface area contributed by atoms with E-state index in [0.29, 0.717) is 48.5 Å². The van der Waals surface area contributed by atoms with E-state index in [-0.39, 0.29) is 17.4 Å². The lowest BCUT2D eigenvalue weighted by molar-refractivity contribution is -0.118. The molecule has 0 saturated carbocycles. The van der Waals surface area contributed by atoms with E-state index < -0.39 is 0 Å². The zero-order chi connectivity index (χ0) is 27.8. The maximum absolute atomic E-state index is 11.2. The number of aryl methyl sites for hydroxylation is 2. The molecule has 0 aliphatic heterocycles. The van der Waals surface area contributed by atoms with Crippen LogP contribution in [0.3, 0.4) is 0 Å². The minimum absolute atomic E-state index is 0.0180. The zero-order valence-electron chi connectivity index (χ0n) is 22.3. The fourth-order valence-electron chi connectivity index (χ4n) is 4.65. The molecular weight excluding hydrogens is 562 g/mol. The van der Waals surface area contributed by atoms with Crippen molar-refractivity contribution in [1.29, 1.82) is 0 Å². The van der Waals surface area contributed by atoms with Gasteiger partial charge in [0.05, 0.1) is 22.9 Å². The summed E-state index contributed by atoms with van der Waals surface area (Å²) in [6.45, 7) is 4.35. The lowest BCUT2D eigenvalue weighted by Gasteiger charge is -2.13. The molecule has 10 heteroatoms. The number of amides is 1. The van der Waals surface area contributed by atoms with Gasteiger partial charge in [-0.2, -0.15) is 0 Å². The molecule has 0 saturated heterocycles. The minimum atomic E-state index is -0.0180. The van der Waals surface area contributed by atoms with Crippen molar-refractivity contribution >= 4 is 49.6 Å². The first-order chi connectivity index (χ1) is 18.9. The SMILES string of the molecule is CCCCc1nc2c(N)nc3cc(CCCOCCCNC(=O)CBr)ccc3c2n1Cc1cc(O)ccc1O. The van der Waals surface area contributed by atoms with E-state index in [1.165, 1.54) is 12.1 Å². The third-order valence-electron chi connectivity index (χ3n) is 6.66. The van der Waals surface area contributed by atoms with E-state index >= 15 is 0 Å². The predicted octanol–water partition coefficient (Wildman–Crippen LogP) is 4.82. The summed E-state index contributed by atoms with van der Waals surface area (Å²) >= 11 is 3.13. The molecule has 208 valence electrons. The Morgan fingerprint density at radius 2 is 1.90 bits per heavy atom. The van der Waals surface area contributed by atoms with Crippen LogP contribution in [0.2, 0.25) is 0 Å². The van der Waals surface area contributed by atoms with E-state index in [1.54, 1.807) is 6.07 Å². The zero-order valence-corrected chi connectivity index (χ0v) is 23.8. The maximum Gasteiger partial charge on any atom is 0.230 e. The van der Waals surface area contributed by atoms with Gasteiger partial charge in [-0.3, -0.25) is 4.79 Å². The standard InChI is InChI=1S/C29H36BrN5O4/c1-2-3-7-25-34-27-28(35(25)18-20-16-21(36)9-11-24(20)37)22-10-8-19(15-23(22)33-29(27)31)6-4-13-39-14-5-12-32-26(38)17-30/h8-11,15-16,36-37H,2-7,12-14,17-18H2,1H3,(H2,31,33)(H,32,38). The number of rotatable bonds is 14. The average molecular weight is 599 g/mol. The molecule has 2 aromatic carbocycles. The van der Waals surface area contributed by atoms with Crippen molar-refractivity contribution in [2.45, 2.75) is 52.0 Å². The highest BCUT2D eigenvalue weighted by atomic mass is 79.9. The molecule has 0 bridgehead atoms. The summed E-state index contributed by atoms with van der Waals surface area (Å²) in [5.41, 5.74) is 10.5. The summed E-state index contributed by atoms with van der Waals surface area (Å²) < 4.78 is 7.80. The number of alkyl halides is 1. The van der Waals surface area contributed by atoms with Crippen LogP contribution in [0.1, 0.15) is 49.6 Å². The van der Waals surface area contributed by atoms with Crippen LogP contribution >= 0.6 is 15.9 Å². The molecule has 0 aliphatic rings. The molecule has 39 heavy (non-hydrogen) atoms. The number of carbonyl (C=O) groups excluding carboxylic acids is 1. The van der Waals surface area contributed by atoms with Crippen LogP contribution in [0.5, 0.6) is 11.5 Å². The summed E-state index contributed by atoms with van der Waals surface area (Å²) in [6, 6.07) is 10.8. The number of aromatic hydroxyl groups is 2. The molecule has 0 aliphatic carbocycles. The second-order valence-corrected chi connectivity index (χ2v) is 10.2. The van der Waals surface area contributed by atoms with E-state index in [9.17, 15) is 15.0 Å². The van der Waals surface area contributed by atoms with Gasteiger partial charge in [0, 0.05) is 37.1 Å². The van der Waals surface area contributed by atoms with Crippen LogP contribution in [0.15, 0.2) is 36.4 Å². The van der Waals surface area contributed by atoms with Gasteiger partial charge >= 0.3 is 0 Å². The number of phenolic OH excluding ortho intramolecular Hbond substituents is 2. The number of phenols is 2. The van der Waals surface area contributed by atoms with Gasteiger partial charge < -0.3 is 30.6 Å². The second-order valence-electron chi connectivity index (χ2n) is 9.63. The van der Waals surface area contributed by atoms with Crippen molar-refractivity contribution in [3.8, 4) is 11.5 Å². The van der Waals surface area contributed by atoms with Gasteiger partial charge in [0.25, 0.3) is 0 Å². The number of halogens is 1. The number of hydrogen-bond acceptors (Lipinski definition) is 7. The maximum atomic E-state index is 11.2. The Balaban J connectivity index is 1.53. The Labute approximate surface area is 236 Å². The molecule has 0 spiro atoms. The first kappa shape index (κ1) is 28.6. The van der Waals surface area contributed by atoms with Gasteiger partial charge in [0.15, 0.2) is 5.82 Å². The Hall–Kier alpha value is -3.37. The van der Waals surface area contributed by atoms with Crippen LogP contribution in [0, 0.1) is 0 Å². The van der Waals surface area contributed by atoms with Crippen molar-refractivity contribution in [3.63, 3.8) is 0 Å². The van der Waals surface area contributed by atoms with E-state index in [2.05, 4.69) is 55.9 Å². The average Bonchev–Trinajstić information content (AvgIpc) is 3.29. The number of nitrogens with two attached hydrogens (primary N) is 1. The summed E-state index contributed by atoms with van der Waals surface area (Å²) in [5.74, 6) is 1.46. The van der Waals surface area contributed by atoms with Gasteiger partial charge in [0.1, 0.15) is 22.8 Å². The Kier molecular flexibility index (Phi) is 10.00. The Morgan fingerprint density at radius 3 is 2.69 bits per heavy atom. The number of nitrogens with one attached hydrogen (secondary N) is 1. The quantitative estimate of drug-likeness (QED) is 0.0929. The Bertz CT molecular complexity index is 1440. The summed E-state index contributed by atoms with van der Waals surface area (Å²) in [4.78, 5) is 20.8. The predicted molar refractivity (Wildman–Crippen MR) is 157 cm³/mol. The van der Waals surface area contributed by atoms with E-state index in [4.69, 9.17) is 15.5 Å². The third-order valence-corrected chi connectivity index (χ3v) is 7.17. The smallest absolute Gasteiger partial charge is 0.230 e. The van der Waals surface area contributed by atoms with Crippen molar-refractivity contribution < 1.29 is 19.7 Å². The molecule has 0 atom stereocenters. The van der Waals surface area contributed by atoms with Gasteiger partial charge in [-0.15, -0.1) is 0 Å². The lowest BCUT2D eigenvalue weighted by atomic mass is 10.1. The highest BCUT2D eigenvalue weighted by molar-refractivity contribution is 9.09. The number of benzene rings is 2. The highest BCUT2D eigenvalue weighted by Gasteiger charge is 2.19. The van der Waals surface area contributed by atoms with Gasteiger partial charge in [-0.05, 0) is 55.5 Å². The molecule has 5 N–H and O–H groups in total. The van der Waals surface area contributed by atoms with E-state index in [0.717, 1.165) is 66.3 Å². The van der Waals surface area contributed by atoms with Crippen molar-refractivity contribution in [1.82, 2.24) is 19.9 Å². The van der Waals surface area contributed by atoms with Crippen molar-refractivity contribution in [2.24, 2.45) is 0 Å². The molecule has 2 aromatic heterocycles. The Morgan fingerprint density at radius 1 is 1.08 bits per heavy atom. The molecule has 2 heterocycles. The van der Waals surface area contributed by atoms with Crippen LogP contribution in [-0.4, -0.2) is 55.7 Å². The molecule has 0 unspecified atom stereocenters. The number of unbranched alkanes of at least 4 members (excludes halogenated alkanes) is 1. The molecule has 4 aromatic rings. The molecule has 0 fully saturated rings. The first-order valence-corrected chi connectivity index (χ1v) is 14.5.